The Morgan fingerprint density at radius 1 is 1.00 bits per heavy atom. The van der Waals surface area contributed by atoms with Crippen LogP contribution >= 0.6 is 0 Å². The maximum atomic E-state index is 14.4. The van der Waals surface area contributed by atoms with E-state index in [1.54, 1.807) is 30.6 Å². The van der Waals surface area contributed by atoms with Crippen molar-refractivity contribution in [1.82, 2.24) is 24.5 Å². The first-order valence-corrected chi connectivity index (χ1v) is 8.43. The maximum absolute atomic E-state index is 14.4. The molecule has 26 heavy (non-hydrogen) atoms. The van der Waals surface area contributed by atoms with Crippen molar-refractivity contribution >= 4 is 17.1 Å². The van der Waals surface area contributed by atoms with Gasteiger partial charge in [-0.05, 0) is 37.1 Å². The number of benzene rings is 1. The van der Waals surface area contributed by atoms with Gasteiger partial charge in [-0.2, -0.15) is 4.98 Å². The molecule has 1 aliphatic rings. The minimum absolute atomic E-state index is 0.110. The second-order valence-electron chi connectivity index (χ2n) is 6.35. The van der Waals surface area contributed by atoms with Gasteiger partial charge in [-0.25, -0.2) is 14.4 Å². The van der Waals surface area contributed by atoms with Crippen LogP contribution in [0.3, 0.4) is 0 Å². The van der Waals surface area contributed by atoms with E-state index in [4.69, 9.17) is 10.7 Å². The van der Waals surface area contributed by atoms with E-state index in [9.17, 15) is 4.39 Å². The van der Waals surface area contributed by atoms with E-state index in [2.05, 4.69) is 19.5 Å². The van der Waals surface area contributed by atoms with Gasteiger partial charge in [0.2, 0.25) is 5.95 Å². The number of imidazole rings is 1. The summed E-state index contributed by atoms with van der Waals surface area (Å²) < 4.78 is 16.5. The molecule has 0 unspecified atom stereocenters. The molecule has 5 rings (SSSR count). The van der Waals surface area contributed by atoms with Gasteiger partial charge in [-0.3, -0.25) is 4.98 Å². The summed E-state index contributed by atoms with van der Waals surface area (Å²) >= 11 is 0. The second-order valence-corrected chi connectivity index (χ2v) is 6.35. The van der Waals surface area contributed by atoms with Crippen LogP contribution in [-0.4, -0.2) is 24.5 Å². The molecule has 0 saturated heterocycles. The van der Waals surface area contributed by atoms with Crippen LogP contribution in [0.5, 0.6) is 0 Å². The maximum Gasteiger partial charge on any atom is 0.222 e. The molecule has 7 heteroatoms. The Labute approximate surface area is 148 Å². The van der Waals surface area contributed by atoms with E-state index in [1.165, 1.54) is 6.07 Å². The van der Waals surface area contributed by atoms with E-state index >= 15 is 0 Å². The number of anilines is 1. The first-order chi connectivity index (χ1) is 12.7. The van der Waals surface area contributed by atoms with Crippen molar-refractivity contribution in [3.8, 4) is 22.6 Å². The average molecular weight is 346 g/mol. The molecule has 0 bridgehead atoms. The van der Waals surface area contributed by atoms with E-state index in [0.717, 1.165) is 24.2 Å². The predicted octanol–water partition coefficient (Wildman–Crippen LogP) is 3.61. The van der Waals surface area contributed by atoms with Gasteiger partial charge >= 0.3 is 0 Å². The Bertz CT molecular complexity index is 1120. The topological polar surface area (TPSA) is 82.5 Å². The van der Waals surface area contributed by atoms with Crippen molar-refractivity contribution in [2.24, 2.45) is 0 Å². The lowest BCUT2D eigenvalue weighted by Gasteiger charge is -2.07. The van der Waals surface area contributed by atoms with Gasteiger partial charge in [-0.1, -0.05) is 12.1 Å². The lowest BCUT2D eigenvalue weighted by atomic mass is 10.1. The first kappa shape index (κ1) is 14.9. The summed E-state index contributed by atoms with van der Waals surface area (Å²) in [6, 6.07) is 10.6. The third-order valence-electron chi connectivity index (χ3n) is 4.54. The average Bonchev–Trinajstić information content (AvgIpc) is 3.42. The second kappa shape index (κ2) is 5.59. The van der Waals surface area contributed by atoms with Gasteiger partial charge in [0, 0.05) is 29.6 Å². The number of hydrogen-bond donors (Lipinski definition) is 1. The minimum atomic E-state index is -0.363. The zero-order valence-corrected chi connectivity index (χ0v) is 13.8. The number of aromatic nitrogens is 5. The van der Waals surface area contributed by atoms with E-state index in [-0.39, 0.29) is 11.8 Å². The largest absolute Gasteiger partial charge is 0.368 e. The molecular formula is C19H15FN6. The molecule has 1 aliphatic carbocycles. The van der Waals surface area contributed by atoms with Gasteiger partial charge in [0.1, 0.15) is 22.9 Å². The summed E-state index contributed by atoms with van der Waals surface area (Å²) in [6.07, 6.45) is 5.57. The first-order valence-electron chi connectivity index (χ1n) is 8.43. The SMILES string of the molecule is Nc1nc(-c2ccccc2F)c2nc(-c3ccncc3)n(C3CC3)c2n1. The van der Waals surface area contributed by atoms with Crippen LogP contribution in [0.1, 0.15) is 18.9 Å². The predicted molar refractivity (Wildman–Crippen MR) is 96.6 cm³/mol. The van der Waals surface area contributed by atoms with Crippen LogP contribution in [0.25, 0.3) is 33.8 Å². The van der Waals surface area contributed by atoms with Gasteiger partial charge < -0.3 is 10.3 Å². The molecule has 1 aromatic carbocycles. The van der Waals surface area contributed by atoms with Crippen LogP contribution in [-0.2, 0) is 0 Å². The smallest absolute Gasteiger partial charge is 0.222 e. The van der Waals surface area contributed by atoms with E-state index in [1.807, 2.05) is 12.1 Å². The van der Waals surface area contributed by atoms with Crippen LogP contribution in [0.4, 0.5) is 10.3 Å². The van der Waals surface area contributed by atoms with Crippen LogP contribution < -0.4 is 5.73 Å². The Hall–Kier alpha value is -3.35. The Kier molecular flexibility index (Phi) is 3.21. The summed E-state index contributed by atoms with van der Waals surface area (Å²) in [6.45, 7) is 0. The highest BCUT2D eigenvalue weighted by Gasteiger charge is 2.31. The lowest BCUT2D eigenvalue weighted by molar-refractivity contribution is 0.631. The number of nitrogens with two attached hydrogens (primary N) is 1. The molecule has 3 aromatic heterocycles. The normalized spacial score (nSPS) is 14.0. The van der Waals surface area contributed by atoms with Crippen LogP contribution in [0.2, 0.25) is 0 Å². The Morgan fingerprint density at radius 2 is 1.77 bits per heavy atom. The lowest BCUT2D eigenvalue weighted by Crippen LogP contribution is -2.03. The number of rotatable bonds is 3. The fraction of sp³-hybridized carbons (Fsp3) is 0.158. The summed E-state index contributed by atoms with van der Waals surface area (Å²) in [4.78, 5) is 17.6. The summed E-state index contributed by atoms with van der Waals surface area (Å²) in [5.74, 6) is 0.527. The molecule has 3 heterocycles. The number of nitrogens with zero attached hydrogens (tertiary/aromatic N) is 5. The van der Waals surface area contributed by atoms with Gasteiger partial charge in [0.15, 0.2) is 5.65 Å². The van der Waals surface area contributed by atoms with Gasteiger partial charge in [-0.15, -0.1) is 0 Å². The zero-order valence-electron chi connectivity index (χ0n) is 13.8. The standard InChI is InChI=1S/C19H15FN6/c20-14-4-2-1-3-13(14)15-16-18(25-19(21)24-15)26(12-5-6-12)17(23-16)11-7-9-22-10-8-11/h1-4,7-10,12H,5-6H2,(H2,21,24,25). The molecule has 2 N–H and O–H groups in total. The molecule has 0 spiro atoms. The fourth-order valence-electron chi connectivity index (χ4n) is 3.22. The van der Waals surface area contributed by atoms with Crippen molar-refractivity contribution in [2.45, 2.75) is 18.9 Å². The molecule has 1 fully saturated rings. The zero-order chi connectivity index (χ0) is 17.7. The molecule has 1 saturated carbocycles. The van der Waals surface area contributed by atoms with Crippen molar-refractivity contribution < 1.29 is 4.39 Å². The van der Waals surface area contributed by atoms with Crippen LogP contribution in [0, 0.1) is 5.82 Å². The van der Waals surface area contributed by atoms with E-state index < -0.39 is 0 Å². The number of pyridine rings is 1. The molecule has 4 aromatic rings. The number of halogens is 1. The highest BCUT2D eigenvalue weighted by molar-refractivity contribution is 5.91. The minimum Gasteiger partial charge on any atom is -0.368 e. The fourth-order valence-corrected chi connectivity index (χ4v) is 3.22. The number of hydrogen-bond acceptors (Lipinski definition) is 5. The Balaban J connectivity index is 1.85. The molecule has 0 amide bonds. The van der Waals surface area contributed by atoms with Crippen molar-refractivity contribution in [3.63, 3.8) is 0 Å². The Morgan fingerprint density at radius 3 is 2.50 bits per heavy atom. The summed E-state index contributed by atoms with van der Waals surface area (Å²) in [7, 11) is 0. The van der Waals surface area contributed by atoms with Gasteiger partial charge in [0.05, 0.1) is 0 Å². The highest BCUT2D eigenvalue weighted by Crippen LogP contribution is 2.42. The molecule has 0 atom stereocenters. The third-order valence-corrected chi connectivity index (χ3v) is 4.54. The molecule has 128 valence electrons. The quantitative estimate of drug-likeness (QED) is 0.613. The van der Waals surface area contributed by atoms with Crippen molar-refractivity contribution in [1.29, 1.82) is 0 Å². The monoisotopic (exact) mass is 346 g/mol. The summed E-state index contributed by atoms with van der Waals surface area (Å²) in [5, 5.41) is 0. The number of fused-ring (bicyclic) bond motifs is 1. The number of nitrogen functional groups attached to an aromatic ring is 1. The third kappa shape index (κ3) is 2.32. The summed E-state index contributed by atoms with van der Waals surface area (Å²) in [5.41, 5.74) is 8.87. The molecular weight excluding hydrogens is 331 g/mol. The van der Waals surface area contributed by atoms with E-state index in [0.29, 0.717) is 28.5 Å². The van der Waals surface area contributed by atoms with Crippen LogP contribution in [0.15, 0.2) is 48.8 Å². The van der Waals surface area contributed by atoms with Gasteiger partial charge in [0.25, 0.3) is 0 Å². The van der Waals surface area contributed by atoms with Crippen molar-refractivity contribution in [3.05, 3.63) is 54.6 Å². The molecule has 0 aliphatic heterocycles. The molecule has 0 radical (unpaired) electrons. The van der Waals surface area contributed by atoms with Crippen molar-refractivity contribution in [2.75, 3.05) is 5.73 Å². The molecule has 6 nitrogen and oxygen atoms in total. The highest BCUT2D eigenvalue weighted by atomic mass is 19.1.